The lowest BCUT2D eigenvalue weighted by Gasteiger charge is -2.18. The molecule has 2 rings (SSSR count). The molecule has 1 aromatic carbocycles. The highest BCUT2D eigenvalue weighted by molar-refractivity contribution is 5.86. The Morgan fingerprint density at radius 2 is 1.90 bits per heavy atom. The van der Waals surface area contributed by atoms with Crippen LogP contribution < -0.4 is 0 Å². The SMILES string of the molecule is CCOC(=O)c1cn(-c2ccc(C(C)(C)C)cc2)nn1. The summed E-state index contributed by atoms with van der Waals surface area (Å²) < 4.78 is 6.45. The van der Waals surface area contributed by atoms with E-state index in [9.17, 15) is 4.79 Å². The van der Waals surface area contributed by atoms with Gasteiger partial charge in [0.1, 0.15) is 0 Å². The predicted molar refractivity (Wildman–Crippen MR) is 76.0 cm³/mol. The Bertz CT molecular complexity index is 594. The average molecular weight is 273 g/mol. The van der Waals surface area contributed by atoms with Crippen molar-refractivity contribution in [1.29, 1.82) is 0 Å². The molecule has 0 saturated heterocycles. The lowest BCUT2D eigenvalue weighted by atomic mass is 9.87. The fraction of sp³-hybridized carbons (Fsp3) is 0.400. The van der Waals surface area contributed by atoms with Gasteiger partial charge in [0.05, 0.1) is 18.5 Å². The summed E-state index contributed by atoms with van der Waals surface area (Å²) in [6.45, 7) is 8.57. The first-order chi connectivity index (χ1) is 9.41. The Morgan fingerprint density at radius 3 is 2.45 bits per heavy atom. The maximum Gasteiger partial charge on any atom is 0.360 e. The van der Waals surface area contributed by atoms with Crippen LogP contribution in [0.15, 0.2) is 30.5 Å². The highest BCUT2D eigenvalue weighted by Crippen LogP contribution is 2.22. The molecule has 5 heteroatoms. The monoisotopic (exact) mass is 273 g/mol. The minimum absolute atomic E-state index is 0.108. The molecule has 2 aromatic rings. The summed E-state index contributed by atoms with van der Waals surface area (Å²) >= 11 is 0. The molecule has 0 spiro atoms. The molecule has 0 fully saturated rings. The van der Waals surface area contributed by atoms with Crippen molar-refractivity contribution in [2.24, 2.45) is 0 Å². The molecule has 5 nitrogen and oxygen atoms in total. The van der Waals surface area contributed by atoms with Gasteiger partial charge in [-0.05, 0) is 30.0 Å². The zero-order valence-corrected chi connectivity index (χ0v) is 12.3. The van der Waals surface area contributed by atoms with Crippen molar-refractivity contribution in [3.63, 3.8) is 0 Å². The van der Waals surface area contributed by atoms with Crippen LogP contribution in [-0.4, -0.2) is 27.6 Å². The number of rotatable bonds is 3. The van der Waals surface area contributed by atoms with Gasteiger partial charge >= 0.3 is 5.97 Å². The molecule has 1 aromatic heterocycles. The molecular weight excluding hydrogens is 254 g/mol. The third kappa shape index (κ3) is 3.04. The third-order valence-electron chi connectivity index (χ3n) is 2.98. The number of benzene rings is 1. The van der Waals surface area contributed by atoms with Gasteiger partial charge in [0.15, 0.2) is 5.69 Å². The average Bonchev–Trinajstić information content (AvgIpc) is 2.88. The van der Waals surface area contributed by atoms with Crippen LogP contribution in [-0.2, 0) is 10.2 Å². The predicted octanol–water partition coefficient (Wildman–Crippen LogP) is 2.74. The van der Waals surface area contributed by atoms with Crippen LogP contribution in [0.25, 0.3) is 5.69 Å². The van der Waals surface area contributed by atoms with E-state index in [-0.39, 0.29) is 11.1 Å². The molecule has 0 aliphatic rings. The Kier molecular flexibility index (Phi) is 3.88. The molecule has 0 aliphatic carbocycles. The molecule has 0 saturated carbocycles. The molecule has 20 heavy (non-hydrogen) atoms. The minimum Gasteiger partial charge on any atom is -0.461 e. The molecule has 0 unspecified atom stereocenters. The Balaban J connectivity index is 2.22. The van der Waals surface area contributed by atoms with E-state index in [4.69, 9.17) is 4.74 Å². The Labute approximate surface area is 118 Å². The van der Waals surface area contributed by atoms with Crippen LogP contribution in [0, 0.1) is 0 Å². The maximum absolute atomic E-state index is 11.5. The molecule has 0 amide bonds. The van der Waals surface area contributed by atoms with Gasteiger partial charge in [-0.15, -0.1) is 5.10 Å². The molecule has 0 atom stereocenters. The van der Waals surface area contributed by atoms with Crippen molar-refractivity contribution in [2.75, 3.05) is 6.61 Å². The molecule has 0 aliphatic heterocycles. The Hall–Kier alpha value is -2.17. The number of carbonyl (C=O) groups is 1. The number of ether oxygens (including phenoxy) is 1. The van der Waals surface area contributed by atoms with E-state index < -0.39 is 5.97 Å². The third-order valence-corrected chi connectivity index (χ3v) is 2.98. The maximum atomic E-state index is 11.5. The van der Waals surface area contributed by atoms with Gasteiger partial charge in [-0.25, -0.2) is 9.48 Å². The standard InChI is InChI=1S/C15H19N3O2/c1-5-20-14(19)13-10-18(17-16-13)12-8-6-11(7-9-12)15(2,3)4/h6-10H,5H2,1-4H3. The number of esters is 1. The number of carbonyl (C=O) groups excluding carboxylic acids is 1. The van der Waals surface area contributed by atoms with Crippen molar-refractivity contribution in [3.05, 3.63) is 41.7 Å². The van der Waals surface area contributed by atoms with Crippen molar-refractivity contribution in [2.45, 2.75) is 33.1 Å². The van der Waals surface area contributed by atoms with Gasteiger partial charge in [-0.1, -0.05) is 38.1 Å². The highest BCUT2D eigenvalue weighted by atomic mass is 16.5. The first-order valence-corrected chi connectivity index (χ1v) is 6.62. The van der Waals surface area contributed by atoms with Crippen molar-refractivity contribution in [1.82, 2.24) is 15.0 Å². The van der Waals surface area contributed by atoms with E-state index in [1.165, 1.54) is 5.56 Å². The van der Waals surface area contributed by atoms with E-state index in [1.54, 1.807) is 17.8 Å². The largest absolute Gasteiger partial charge is 0.461 e. The second-order valence-electron chi connectivity index (χ2n) is 5.57. The summed E-state index contributed by atoms with van der Waals surface area (Å²) in [5.41, 5.74) is 2.43. The van der Waals surface area contributed by atoms with Crippen LogP contribution >= 0.6 is 0 Å². The lowest BCUT2D eigenvalue weighted by molar-refractivity contribution is 0.0519. The van der Waals surface area contributed by atoms with E-state index in [2.05, 4.69) is 43.2 Å². The first kappa shape index (κ1) is 14.2. The fourth-order valence-corrected chi connectivity index (χ4v) is 1.80. The molecule has 106 valence electrons. The number of hydrogen-bond donors (Lipinski definition) is 0. The fourth-order valence-electron chi connectivity index (χ4n) is 1.80. The normalized spacial score (nSPS) is 11.4. The zero-order valence-electron chi connectivity index (χ0n) is 12.3. The van der Waals surface area contributed by atoms with Crippen LogP contribution in [0.1, 0.15) is 43.7 Å². The molecule has 0 bridgehead atoms. The van der Waals surface area contributed by atoms with Gasteiger partial charge < -0.3 is 4.74 Å². The molecule has 0 N–H and O–H groups in total. The summed E-state index contributed by atoms with van der Waals surface area (Å²) in [7, 11) is 0. The Morgan fingerprint density at radius 1 is 1.25 bits per heavy atom. The van der Waals surface area contributed by atoms with Gasteiger partial charge in [0.2, 0.25) is 0 Å². The first-order valence-electron chi connectivity index (χ1n) is 6.62. The van der Waals surface area contributed by atoms with Crippen molar-refractivity contribution < 1.29 is 9.53 Å². The number of nitrogens with zero attached hydrogens (tertiary/aromatic N) is 3. The number of hydrogen-bond acceptors (Lipinski definition) is 4. The van der Waals surface area contributed by atoms with E-state index >= 15 is 0 Å². The second kappa shape index (κ2) is 5.45. The number of aromatic nitrogens is 3. The van der Waals surface area contributed by atoms with E-state index in [0.29, 0.717) is 6.61 Å². The summed E-state index contributed by atoms with van der Waals surface area (Å²) in [5, 5.41) is 7.77. The van der Waals surface area contributed by atoms with Crippen LogP contribution in [0.5, 0.6) is 0 Å². The molecular formula is C15H19N3O2. The topological polar surface area (TPSA) is 57.0 Å². The smallest absolute Gasteiger partial charge is 0.360 e. The summed E-state index contributed by atoms with van der Waals surface area (Å²) in [6, 6.07) is 8.04. The van der Waals surface area contributed by atoms with E-state index in [0.717, 1.165) is 5.69 Å². The minimum atomic E-state index is -0.454. The van der Waals surface area contributed by atoms with Crippen molar-refractivity contribution in [3.8, 4) is 5.69 Å². The highest BCUT2D eigenvalue weighted by Gasteiger charge is 2.15. The van der Waals surface area contributed by atoms with Gasteiger partial charge in [0, 0.05) is 0 Å². The summed E-state index contributed by atoms with van der Waals surface area (Å²) in [6.07, 6.45) is 1.57. The van der Waals surface area contributed by atoms with Gasteiger partial charge in [0.25, 0.3) is 0 Å². The lowest BCUT2D eigenvalue weighted by Crippen LogP contribution is -2.10. The van der Waals surface area contributed by atoms with E-state index in [1.807, 2.05) is 12.1 Å². The zero-order chi connectivity index (χ0) is 14.8. The van der Waals surface area contributed by atoms with Crippen LogP contribution in [0.4, 0.5) is 0 Å². The summed E-state index contributed by atoms with van der Waals surface area (Å²) in [5.74, 6) is -0.454. The summed E-state index contributed by atoms with van der Waals surface area (Å²) in [4.78, 5) is 11.5. The van der Waals surface area contributed by atoms with Crippen LogP contribution in [0.2, 0.25) is 0 Å². The van der Waals surface area contributed by atoms with Gasteiger partial charge in [-0.2, -0.15) is 0 Å². The molecule has 0 radical (unpaired) electrons. The molecule has 1 heterocycles. The van der Waals surface area contributed by atoms with Gasteiger partial charge in [-0.3, -0.25) is 0 Å². The van der Waals surface area contributed by atoms with Crippen molar-refractivity contribution >= 4 is 5.97 Å². The van der Waals surface area contributed by atoms with Crippen LogP contribution in [0.3, 0.4) is 0 Å². The second-order valence-corrected chi connectivity index (χ2v) is 5.57. The quantitative estimate of drug-likeness (QED) is 0.807.